The van der Waals surface area contributed by atoms with Crippen molar-refractivity contribution in [2.24, 2.45) is 11.8 Å². The van der Waals surface area contributed by atoms with E-state index in [1.54, 1.807) is 13.2 Å². The van der Waals surface area contributed by atoms with Crippen LogP contribution in [0.25, 0.3) is 4.85 Å². The van der Waals surface area contributed by atoms with Crippen molar-refractivity contribution < 1.29 is 28.8 Å². The summed E-state index contributed by atoms with van der Waals surface area (Å²) in [6.45, 7) is 11.6. The average molecular weight is 484 g/mol. The van der Waals surface area contributed by atoms with E-state index in [2.05, 4.69) is 22.0 Å². The van der Waals surface area contributed by atoms with Crippen LogP contribution in [0, 0.1) is 18.4 Å². The van der Waals surface area contributed by atoms with Crippen LogP contribution in [0.2, 0.25) is 0 Å². The van der Waals surface area contributed by atoms with Gasteiger partial charge in [-0.25, -0.2) is 4.85 Å². The zero-order chi connectivity index (χ0) is 24.8. The first-order valence-electron chi connectivity index (χ1n) is 12.3. The van der Waals surface area contributed by atoms with E-state index in [9.17, 15) is 9.90 Å². The maximum Gasteiger partial charge on any atom is 0.192 e. The van der Waals surface area contributed by atoms with Gasteiger partial charge in [-0.2, -0.15) is 0 Å². The number of rotatable bonds is 6. The summed E-state index contributed by atoms with van der Waals surface area (Å²) >= 11 is 0. The van der Waals surface area contributed by atoms with E-state index in [1.165, 1.54) is 13.4 Å². The lowest BCUT2D eigenvalue weighted by molar-refractivity contribution is -0.297. The first-order chi connectivity index (χ1) is 17.0. The lowest BCUT2D eigenvalue weighted by atomic mass is 9.66. The number of nitrogens with zero attached hydrogens (tertiary/aromatic N) is 2. The number of ether oxygens (including phenoxy) is 4. The lowest BCUT2D eigenvalue weighted by Crippen LogP contribution is -2.75. The standard InChI is InChI=1S/C26H33N3O6/c1-5-16-13-29-7-6-25-24-20(10-17(27-2)11-22(24)33-4)28-26(25,35-9-8-34-25)23(29)12-18(16)19(15-32-3)21(31)14-30/h10-11,15-16,18,23,28,30H,5-9,12-14H2,1,3-4H3/b19-15+/t16-,18+,23+,25+,26+/m1/s1. The molecule has 1 aromatic carbocycles. The second-order valence-corrected chi connectivity index (χ2v) is 9.73. The van der Waals surface area contributed by atoms with E-state index in [0.717, 1.165) is 30.8 Å². The Morgan fingerprint density at radius 3 is 2.86 bits per heavy atom. The topological polar surface area (TPSA) is 93.9 Å². The number of ketones is 1. The van der Waals surface area contributed by atoms with Crippen LogP contribution in [0.3, 0.4) is 0 Å². The molecule has 0 radical (unpaired) electrons. The number of piperidine rings is 2. The van der Waals surface area contributed by atoms with Crippen LogP contribution in [-0.4, -0.2) is 74.7 Å². The van der Waals surface area contributed by atoms with E-state index in [-0.39, 0.29) is 23.7 Å². The molecule has 4 aliphatic heterocycles. The first kappa shape index (κ1) is 24.1. The van der Waals surface area contributed by atoms with Crippen LogP contribution in [0.5, 0.6) is 5.75 Å². The van der Waals surface area contributed by atoms with E-state index in [0.29, 0.717) is 43.1 Å². The molecular weight excluding hydrogens is 450 g/mol. The number of aliphatic hydroxyl groups is 1. The fourth-order valence-electron chi connectivity index (χ4n) is 6.89. The van der Waals surface area contributed by atoms with Gasteiger partial charge < -0.3 is 29.4 Å². The summed E-state index contributed by atoms with van der Waals surface area (Å²) < 4.78 is 24.3. The molecule has 0 unspecified atom stereocenters. The summed E-state index contributed by atoms with van der Waals surface area (Å²) in [4.78, 5) is 18.8. The molecule has 4 heterocycles. The van der Waals surface area contributed by atoms with Gasteiger partial charge in [0.2, 0.25) is 0 Å². The molecule has 0 amide bonds. The van der Waals surface area contributed by atoms with Crippen LogP contribution in [0.1, 0.15) is 31.7 Å². The Kier molecular flexibility index (Phi) is 6.26. The molecule has 1 aromatic rings. The summed E-state index contributed by atoms with van der Waals surface area (Å²) in [5, 5.41) is 13.3. The van der Waals surface area contributed by atoms with E-state index >= 15 is 0 Å². The minimum Gasteiger partial charge on any atom is -0.504 e. The Hall–Kier alpha value is -2.64. The summed E-state index contributed by atoms with van der Waals surface area (Å²) in [6.07, 6.45) is 3.76. The van der Waals surface area contributed by atoms with Gasteiger partial charge in [0.05, 0.1) is 51.9 Å². The lowest BCUT2D eigenvalue weighted by Gasteiger charge is -2.61. The molecule has 0 bridgehead atoms. The Labute approximate surface area is 205 Å². The van der Waals surface area contributed by atoms with Gasteiger partial charge in [-0.3, -0.25) is 9.69 Å². The molecule has 2 N–H and O–H groups in total. The maximum absolute atomic E-state index is 12.7. The third kappa shape index (κ3) is 3.39. The van der Waals surface area contributed by atoms with Crippen molar-refractivity contribution in [3.05, 3.63) is 40.9 Å². The average Bonchev–Trinajstić information content (AvgIpc) is 3.21. The predicted molar refractivity (Wildman–Crippen MR) is 128 cm³/mol. The van der Waals surface area contributed by atoms with Crippen molar-refractivity contribution >= 4 is 17.2 Å². The minimum atomic E-state index is -0.892. The maximum atomic E-state index is 12.7. The zero-order valence-electron chi connectivity index (χ0n) is 20.5. The van der Waals surface area contributed by atoms with Crippen LogP contribution in [0.4, 0.5) is 11.4 Å². The molecular formula is C26H33N3O6. The Morgan fingerprint density at radius 1 is 1.37 bits per heavy atom. The molecule has 5 atom stereocenters. The molecule has 0 aliphatic carbocycles. The highest BCUT2D eigenvalue weighted by Crippen LogP contribution is 2.62. The Balaban J connectivity index is 1.62. The number of benzene rings is 1. The molecule has 3 fully saturated rings. The highest BCUT2D eigenvalue weighted by molar-refractivity contribution is 5.96. The molecule has 4 aliphatic rings. The van der Waals surface area contributed by atoms with Crippen LogP contribution in [0.15, 0.2) is 24.0 Å². The van der Waals surface area contributed by atoms with Gasteiger partial charge in [-0.1, -0.05) is 13.3 Å². The Bertz CT molecular complexity index is 1080. The van der Waals surface area contributed by atoms with Gasteiger partial charge >= 0.3 is 0 Å². The SMILES string of the molecule is [C-]#[N+]c1cc2c(c(OC)c1)[C@@]13CCN4C[C@@H](CC)[C@@H](/C(=C\OC)C(=O)CO)C[C@H]4[C@]1(N2)OCCO3. The van der Waals surface area contributed by atoms with Gasteiger partial charge in [0.25, 0.3) is 0 Å². The summed E-state index contributed by atoms with van der Waals surface area (Å²) in [5.74, 6) is 0.456. The number of aliphatic hydroxyl groups excluding tert-OH is 1. The zero-order valence-corrected chi connectivity index (χ0v) is 20.5. The van der Waals surface area contributed by atoms with Gasteiger partial charge in [0, 0.05) is 24.4 Å². The van der Waals surface area contributed by atoms with Crippen LogP contribution >= 0.6 is 0 Å². The number of carbonyl (C=O) groups is 1. The second kappa shape index (κ2) is 9.10. The molecule has 9 nitrogen and oxygen atoms in total. The molecule has 35 heavy (non-hydrogen) atoms. The van der Waals surface area contributed by atoms with Gasteiger partial charge in [0.1, 0.15) is 18.0 Å². The fourth-order valence-corrected chi connectivity index (χ4v) is 6.89. The van der Waals surface area contributed by atoms with Crippen molar-refractivity contribution in [3.8, 4) is 5.75 Å². The van der Waals surface area contributed by atoms with Gasteiger partial charge in [0.15, 0.2) is 17.2 Å². The molecule has 0 aromatic heterocycles. The van der Waals surface area contributed by atoms with Crippen molar-refractivity contribution in [2.75, 3.05) is 52.4 Å². The number of hydrogen-bond acceptors (Lipinski definition) is 8. The molecule has 3 saturated heterocycles. The molecule has 0 spiro atoms. The van der Waals surface area contributed by atoms with Crippen LogP contribution in [-0.2, 0) is 24.6 Å². The second-order valence-electron chi connectivity index (χ2n) is 9.73. The van der Waals surface area contributed by atoms with E-state index < -0.39 is 17.9 Å². The fraction of sp³-hybridized carbons (Fsp3) is 0.615. The van der Waals surface area contributed by atoms with E-state index in [1.807, 2.05) is 6.07 Å². The Morgan fingerprint density at radius 2 is 2.17 bits per heavy atom. The number of hydrogen-bond donors (Lipinski definition) is 2. The minimum absolute atomic E-state index is 0.0947. The number of nitrogens with one attached hydrogen (secondary N) is 1. The first-order valence-corrected chi connectivity index (χ1v) is 12.3. The van der Waals surface area contributed by atoms with Crippen molar-refractivity contribution in [1.29, 1.82) is 0 Å². The highest BCUT2D eigenvalue weighted by atomic mass is 16.6. The summed E-state index contributed by atoms with van der Waals surface area (Å²) in [5.41, 5.74) is 1.04. The van der Waals surface area contributed by atoms with E-state index in [4.69, 9.17) is 25.5 Å². The number of carbonyl (C=O) groups excluding carboxylic acids is 1. The smallest absolute Gasteiger partial charge is 0.192 e. The quantitative estimate of drug-likeness (QED) is 0.363. The van der Waals surface area contributed by atoms with Crippen molar-refractivity contribution in [3.63, 3.8) is 0 Å². The summed E-state index contributed by atoms with van der Waals surface area (Å²) in [6, 6.07) is 3.50. The predicted octanol–water partition coefficient (Wildman–Crippen LogP) is 2.82. The van der Waals surface area contributed by atoms with Crippen LogP contribution < -0.4 is 10.1 Å². The monoisotopic (exact) mass is 483 g/mol. The highest BCUT2D eigenvalue weighted by Gasteiger charge is 2.70. The number of methoxy groups -OCH3 is 2. The molecule has 5 rings (SSSR count). The van der Waals surface area contributed by atoms with Gasteiger partial charge in [-0.15, -0.1) is 0 Å². The third-order valence-corrected chi connectivity index (χ3v) is 8.33. The molecule has 188 valence electrons. The normalized spacial score (nSPS) is 33.9. The van der Waals surface area contributed by atoms with Crippen molar-refractivity contribution in [2.45, 2.75) is 43.6 Å². The number of Topliss-reactive ketones (excluding diaryl/α,β-unsaturated/α-hetero) is 1. The molecule has 0 saturated carbocycles. The number of anilines is 1. The largest absolute Gasteiger partial charge is 0.504 e. The molecule has 9 heteroatoms. The summed E-state index contributed by atoms with van der Waals surface area (Å²) in [7, 11) is 3.14. The van der Waals surface area contributed by atoms with Crippen molar-refractivity contribution in [1.82, 2.24) is 4.90 Å². The third-order valence-electron chi connectivity index (χ3n) is 8.33. The number of fused-ring (bicyclic) bond motifs is 2. The van der Waals surface area contributed by atoms with Gasteiger partial charge in [-0.05, 0) is 36.8 Å².